The average molecular weight is 344 g/mol. The molecule has 0 amide bonds. The maximum atomic E-state index is 11.1. The van der Waals surface area contributed by atoms with Crippen LogP contribution in [0.5, 0.6) is 0 Å². The molecule has 0 atom stereocenters. The molecule has 0 bridgehead atoms. The molecule has 0 radical (unpaired) electrons. The average Bonchev–Trinajstić information content (AvgIpc) is 2.37. The Labute approximate surface area is 126 Å². The molecule has 0 heterocycles. The summed E-state index contributed by atoms with van der Waals surface area (Å²) in [6.07, 6.45) is 0.640. The third kappa shape index (κ3) is 14.1. The Morgan fingerprint density at radius 1 is 1.05 bits per heavy atom. The zero-order valence-electron chi connectivity index (χ0n) is 12.7. The number of rotatable bonds is 8. The van der Waals surface area contributed by atoms with Crippen molar-refractivity contribution in [2.75, 3.05) is 27.9 Å². The number of carbonyl (C=O) groups is 1. The van der Waals surface area contributed by atoms with E-state index in [-0.39, 0.29) is 5.97 Å². The van der Waals surface area contributed by atoms with Gasteiger partial charge in [-0.1, -0.05) is 6.58 Å². The molecule has 0 aliphatic heterocycles. The number of esters is 1. The smallest absolute Gasteiger partial charge is 0.462 e. The van der Waals surface area contributed by atoms with E-state index in [1.807, 2.05) is 0 Å². The minimum Gasteiger partial charge on any atom is -0.462 e. The van der Waals surface area contributed by atoms with Crippen LogP contribution < -0.4 is 0 Å². The lowest BCUT2D eigenvalue weighted by molar-refractivity contribution is -0.139. The van der Waals surface area contributed by atoms with Crippen molar-refractivity contribution in [1.29, 1.82) is 0 Å². The van der Waals surface area contributed by atoms with E-state index < -0.39 is 17.9 Å². The molecule has 0 fully saturated rings. The second kappa shape index (κ2) is 11.0. The Morgan fingerprint density at radius 3 is 1.71 bits per heavy atom. The first-order valence-corrected chi connectivity index (χ1v) is 9.61. The molecule has 11 heteroatoms. The van der Waals surface area contributed by atoms with E-state index in [1.165, 1.54) is 0 Å². The normalized spacial score (nSPS) is 11.4. The van der Waals surface area contributed by atoms with Crippen molar-refractivity contribution in [1.82, 2.24) is 0 Å². The summed E-state index contributed by atoms with van der Waals surface area (Å²) in [5.41, 5.74) is 0.397. The van der Waals surface area contributed by atoms with E-state index >= 15 is 0 Å². The molecular formula is C10H24O9Si2. The number of carbonyl (C=O) groups excluding carboxylic acids is 1. The highest BCUT2D eigenvalue weighted by Crippen LogP contribution is 2.14. The Morgan fingerprint density at radius 2 is 1.43 bits per heavy atom. The lowest BCUT2D eigenvalue weighted by Crippen LogP contribution is -2.42. The molecule has 0 saturated heterocycles. The van der Waals surface area contributed by atoms with Gasteiger partial charge in [0.15, 0.2) is 0 Å². The lowest BCUT2D eigenvalue weighted by atomic mass is 10.4. The highest BCUT2D eigenvalue weighted by atomic mass is 28.4. The van der Waals surface area contributed by atoms with Crippen molar-refractivity contribution in [2.24, 2.45) is 0 Å². The maximum absolute atomic E-state index is 11.1. The molecule has 0 aromatic carbocycles. The molecular weight excluding hydrogens is 320 g/mol. The van der Waals surface area contributed by atoms with E-state index in [2.05, 4.69) is 6.58 Å². The van der Waals surface area contributed by atoms with Crippen LogP contribution in [-0.4, -0.2) is 70.9 Å². The fourth-order valence-corrected chi connectivity index (χ4v) is 2.82. The number of hydrogen-bond acceptors (Lipinski definition) is 9. The van der Waals surface area contributed by atoms with Crippen LogP contribution in [0, 0.1) is 0 Å². The Hall–Kier alpha value is -0.636. The first-order chi connectivity index (χ1) is 9.51. The van der Waals surface area contributed by atoms with Crippen molar-refractivity contribution in [3.8, 4) is 0 Å². The topological polar surface area (TPSA) is 135 Å². The van der Waals surface area contributed by atoms with Crippen LogP contribution in [0.3, 0.4) is 0 Å². The van der Waals surface area contributed by atoms with Crippen LogP contribution >= 0.6 is 0 Å². The van der Waals surface area contributed by atoms with Crippen molar-refractivity contribution >= 4 is 23.8 Å². The van der Waals surface area contributed by atoms with E-state index in [9.17, 15) is 4.79 Å². The Balaban J connectivity index is 0. The summed E-state index contributed by atoms with van der Waals surface area (Å²) < 4.78 is 20.6. The molecule has 21 heavy (non-hydrogen) atoms. The minimum atomic E-state index is -4.61. The van der Waals surface area contributed by atoms with Crippen LogP contribution in [0.4, 0.5) is 0 Å². The predicted octanol–water partition coefficient (Wildman–Crippen LogP) is -1.23. The van der Waals surface area contributed by atoms with Crippen LogP contribution in [0.25, 0.3) is 0 Å². The van der Waals surface area contributed by atoms with Gasteiger partial charge in [-0.15, -0.1) is 0 Å². The third-order valence-corrected chi connectivity index (χ3v) is 4.97. The Kier molecular flexibility index (Phi) is 11.9. The van der Waals surface area contributed by atoms with E-state index in [1.54, 1.807) is 28.3 Å². The fourth-order valence-electron chi connectivity index (χ4n) is 1.13. The van der Waals surface area contributed by atoms with Crippen LogP contribution in [0.15, 0.2) is 12.2 Å². The standard InChI is InChI=1S/C10H20O5Si.H4O4Si/c1-9(2)10(11)15-7-6-8-16(12-3,13-4)14-5;1-5(2,3)4/h1,6-8H2,2-5H3;1-4H. The molecule has 0 aliphatic rings. The van der Waals surface area contributed by atoms with Gasteiger partial charge in [0.2, 0.25) is 0 Å². The van der Waals surface area contributed by atoms with Gasteiger partial charge in [0.1, 0.15) is 0 Å². The largest absolute Gasteiger partial charge is 0.668 e. The zero-order valence-corrected chi connectivity index (χ0v) is 14.7. The molecule has 126 valence electrons. The molecule has 0 rings (SSSR count). The van der Waals surface area contributed by atoms with Crippen LogP contribution in [0.2, 0.25) is 6.04 Å². The summed E-state index contributed by atoms with van der Waals surface area (Å²) in [5.74, 6) is -0.375. The van der Waals surface area contributed by atoms with Crippen LogP contribution in [-0.2, 0) is 22.8 Å². The summed E-state index contributed by atoms with van der Waals surface area (Å²) in [7, 11) is -2.48. The highest BCUT2D eigenvalue weighted by Gasteiger charge is 2.36. The first kappa shape index (κ1) is 22.6. The third-order valence-electron chi connectivity index (χ3n) is 2.14. The van der Waals surface area contributed by atoms with Gasteiger partial charge in [0, 0.05) is 32.9 Å². The van der Waals surface area contributed by atoms with Crippen LogP contribution in [0.1, 0.15) is 13.3 Å². The molecule has 0 spiro atoms. The SMILES string of the molecule is C=C(C)C(=O)OCCC[Si](OC)(OC)OC.O[Si](O)(O)O. The van der Waals surface area contributed by atoms with Crippen molar-refractivity contribution in [3.05, 3.63) is 12.2 Å². The van der Waals surface area contributed by atoms with E-state index in [4.69, 9.17) is 37.2 Å². The van der Waals surface area contributed by atoms with E-state index in [0.29, 0.717) is 24.6 Å². The van der Waals surface area contributed by atoms with E-state index in [0.717, 1.165) is 0 Å². The summed E-state index contributed by atoms with van der Waals surface area (Å²) in [6, 6.07) is 0.611. The summed E-state index contributed by atoms with van der Waals surface area (Å²) in [5, 5.41) is 0. The number of hydrogen-bond donors (Lipinski definition) is 4. The summed E-state index contributed by atoms with van der Waals surface area (Å²) in [6.45, 7) is 5.42. The van der Waals surface area contributed by atoms with Gasteiger partial charge in [-0.05, 0) is 13.3 Å². The molecule has 0 aromatic rings. The van der Waals surface area contributed by atoms with Gasteiger partial charge >= 0.3 is 23.8 Å². The molecule has 9 nitrogen and oxygen atoms in total. The maximum Gasteiger partial charge on any atom is 0.668 e. The zero-order chi connectivity index (χ0) is 17.1. The highest BCUT2D eigenvalue weighted by molar-refractivity contribution is 6.60. The Bertz CT molecular complexity index is 298. The summed E-state index contributed by atoms with van der Waals surface area (Å²) >= 11 is 0. The molecule has 0 saturated carbocycles. The van der Waals surface area contributed by atoms with Gasteiger partial charge < -0.3 is 37.2 Å². The molecule has 0 aromatic heterocycles. The van der Waals surface area contributed by atoms with Crippen molar-refractivity contribution < 1.29 is 42.0 Å². The van der Waals surface area contributed by atoms with Gasteiger partial charge in [0.25, 0.3) is 0 Å². The second-order valence-electron chi connectivity index (χ2n) is 3.92. The molecule has 4 N–H and O–H groups in total. The number of ether oxygens (including phenoxy) is 1. The quantitative estimate of drug-likeness (QED) is 0.185. The summed E-state index contributed by atoms with van der Waals surface area (Å²) in [4.78, 5) is 40.4. The van der Waals surface area contributed by atoms with Gasteiger partial charge in [-0.2, -0.15) is 0 Å². The van der Waals surface area contributed by atoms with Gasteiger partial charge in [-0.25, -0.2) is 4.79 Å². The monoisotopic (exact) mass is 344 g/mol. The predicted molar refractivity (Wildman–Crippen MR) is 76.6 cm³/mol. The van der Waals surface area contributed by atoms with Crippen molar-refractivity contribution in [3.63, 3.8) is 0 Å². The van der Waals surface area contributed by atoms with Gasteiger partial charge in [-0.3, -0.25) is 0 Å². The molecule has 0 aliphatic carbocycles. The van der Waals surface area contributed by atoms with Gasteiger partial charge in [0.05, 0.1) is 6.61 Å². The first-order valence-electron chi connectivity index (χ1n) is 5.89. The second-order valence-corrected chi connectivity index (χ2v) is 8.21. The fraction of sp³-hybridized carbons (Fsp3) is 0.700. The molecule has 0 unspecified atom stereocenters. The minimum absolute atomic E-state index is 0.316. The lowest BCUT2D eigenvalue weighted by Gasteiger charge is -2.24. The van der Waals surface area contributed by atoms with Crippen molar-refractivity contribution in [2.45, 2.75) is 19.4 Å².